The molecule has 4 N–H and O–H groups in total. The van der Waals surface area contributed by atoms with Gasteiger partial charge in [0, 0.05) is 50.4 Å². The zero-order valence-electron chi connectivity index (χ0n) is 28.2. The van der Waals surface area contributed by atoms with E-state index in [0.29, 0.717) is 17.8 Å². The number of carbonyl (C=O) groups is 5. The Labute approximate surface area is 317 Å². The third kappa shape index (κ3) is 10.1. The van der Waals surface area contributed by atoms with Gasteiger partial charge in [-0.1, -0.05) is 30.0 Å². The van der Waals surface area contributed by atoms with E-state index in [-0.39, 0.29) is 76.9 Å². The lowest BCUT2D eigenvalue weighted by atomic mass is 9.97. The molecule has 290 valence electrons. The number of urea groups is 1. The minimum Gasteiger partial charge on any atom is -0.483 e. The normalized spacial score (nSPS) is 15.7. The zero-order valence-corrected chi connectivity index (χ0v) is 29.8. The van der Waals surface area contributed by atoms with Crippen molar-refractivity contribution in [2.24, 2.45) is 5.73 Å². The summed E-state index contributed by atoms with van der Waals surface area (Å²) in [7, 11) is 0. The fraction of sp³-hybridized carbons (Fsp3) is 0.257. The van der Waals surface area contributed by atoms with E-state index in [4.69, 9.17) is 27.8 Å². The summed E-state index contributed by atoms with van der Waals surface area (Å²) in [6.45, 7) is -0.0420. The first-order valence-electron chi connectivity index (χ1n) is 16.1. The third-order valence-corrected chi connectivity index (χ3v) is 9.74. The number of carboxylic acids is 1. The van der Waals surface area contributed by atoms with Crippen LogP contribution in [0, 0.1) is 0 Å². The molecule has 0 saturated carbocycles. The number of piperazine rings is 1. The second-order valence-electron chi connectivity index (χ2n) is 12.1. The molecule has 20 heteroatoms. The van der Waals surface area contributed by atoms with E-state index in [1.807, 2.05) is 0 Å². The number of rotatable bonds is 10. The Bertz CT molecular complexity index is 2040. The number of ether oxygens (including phenoxy) is 1. The Morgan fingerprint density at radius 3 is 2.04 bits per heavy atom. The quantitative estimate of drug-likeness (QED) is 0.128. The number of carbonyl (C=O) groups excluding carboxylic acids is 4. The first-order valence-corrected chi connectivity index (χ1v) is 17.3. The number of halogens is 6. The molecule has 2 aliphatic rings. The van der Waals surface area contributed by atoms with Crippen LogP contribution in [0.1, 0.15) is 33.5 Å². The number of nitrogens with two attached hydrogens (primary N) is 1. The molecule has 0 bridgehead atoms. The molecule has 0 radical (unpaired) electrons. The minimum absolute atomic E-state index is 0.00256. The van der Waals surface area contributed by atoms with E-state index >= 15 is 0 Å². The Morgan fingerprint density at radius 1 is 0.873 bits per heavy atom. The molecule has 2 saturated heterocycles. The molecule has 5 amide bonds. The molecule has 3 aromatic carbocycles. The Balaban J connectivity index is 1.40. The number of thiocarbonyl (C=S) groups is 1. The molecule has 0 aromatic heterocycles. The number of amides is 5. The largest absolute Gasteiger partial charge is 0.483 e. The van der Waals surface area contributed by atoms with Crippen LogP contribution in [0.4, 0.5) is 36.8 Å². The van der Waals surface area contributed by atoms with Crippen molar-refractivity contribution in [2.45, 2.75) is 18.8 Å². The zero-order chi connectivity index (χ0) is 40.2. The standard InChI is InChI=1S/C35H29F6N5O7S2/c36-34(37,38)23-14-21(15-24(17-23)35(39,40)41)20-3-6-26(53-18-29(48)44-9-11-45(12-10-44)32(42)52)22(13-20)16-27-30(49)46(33(54)55-27)8-7-28(47)43-25-4-1-19(2-5-25)31(50)51/h1-6,13-17H,7-12,18H2,(H2,42,52)(H,43,47)(H,50,51). The van der Waals surface area contributed by atoms with Gasteiger partial charge in [-0.05, 0) is 71.8 Å². The van der Waals surface area contributed by atoms with E-state index in [1.54, 1.807) is 0 Å². The second-order valence-corrected chi connectivity index (χ2v) is 13.7. The fourth-order valence-electron chi connectivity index (χ4n) is 5.47. The van der Waals surface area contributed by atoms with Crippen molar-refractivity contribution in [1.29, 1.82) is 0 Å². The fourth-order valence-corrected chi connectivity index (χ4v) is 6.77. The van der Waals surface area contributed by atoms with Gasteiger partial charge in [0.15, 0.2) is 6.61 Å². The number of alkyl halides is 6. The van der Waals surface area contributed by atoms with Crippen LogP contribution in [-0.4, -0.2) is 93.2 Å². The van der Waals surface area contributed by atoms with Gasteiger partial charge in [-0.15, -0.1) is 0 Å². The van der Waals surface area contributed by atoms with Crippen molar-refractivity contribution < 1.29 is 60.2 Å². The van der Waals surface area contributed by atoms with Crippen molar-refractivity contribution in [2.75, 3.05) is 44.6 Å². The molecule has 0 spiro atoms. The minimum atomic E-state index is -5.11. The highest BCUT2D eigenvalue weighted by atomic mass is 32.2. The van der Waals surface area contributed by atoms with Gasteiger partial charge in [0.2, 0.25) is 5.91 Å². The molecule has 2 aliphatic heterocycles. The number of primary amides is 1. The van der Waals surface area contributed by atoms with E-state index in [0.717, 1.165) is 16.7 Å². The van der Waals surface area contributed by atoms with E-state index in [1.165, 1.54) is 58.3 Å². The Kier molecular flexibility index (Phi) is 12.1. The van der Waals surface area contributed by atoms with Crippen LogP contribution in [0.5, 0.6) is 5.75 Å². The third-order valence-electron chi connectivity index (χ3n) is 8.36. The predicted octanol–water partition coefficient (Wildman–Crippen LogP) is 5.92. The number of benzene rings is 3. The van der Waals surface area contributed by atoms with E-state index in [2.05, 4.69) is 5.32 Å². The maximum Gasteiger partial charge on any atom is 0.416 e. The predicted molar refractivity (Wildman–Crippen MR) is 192 cm³/mol. The smallest absolute Gasteiger partial charge is 0.416 e. The lowest BCUT2D eigenvalue weighted by Crippen LogP contribution is -2.52. The number of anilines is 1. The highest BCUT2D eigenvalue weighted by Crippen LogP contribution is 2.40. The molecule has 55 heavy (non-hydrogen) atoms. The summed E-state index contributed by atoms with van der Waals surface area (Å²) in [5.74, 6) is -2.87. The van der Waals surface area contributed by atoms with Crippen molar-refractivity contribution >= 4 is 69.8 Å². The maximum atomic E-state index is 13.7. The first-order chi connectivity index (χ1) is 25.8. The summed E-state index contributed by atoms with van der Waals surface area (Å²) in [5, 5.41) is 11.6. The molecule has 2 fully saturated rings. The van der Waals surface area contributed by atoms with Crippen molar-refractivity contribution in [3.8, 4) is 16.9 Å². The van der Waals surface area contributed by atoms with Gasteiger partial charge in [-0.2, -0.15) is 26.3 Å². The molecular formula is C35H29F6N5O7S2. The van der Waals surface area contributed by atoms with Gasteiger partial charge >= 0.3 is 24.4 Å². The van der Waals surface area contributed by atoms with Crippen LogP contribution in [0.2, 0.25) is 0 Å². The maximum absolute atomic E-state index is 13.7. The summed E-state index contributed by atoms with van der Waals surface area (Å²) in [6.07, 6.45) is -9.18. The average Bonchev–Trinajstić information content (AvgIpc) is 3.39. The van der Waals surface area contributed by atoms with Crippen LogP contribution < -0.4 is 15.8 Å². The number of carboxylic acid groups (broad SMARTS) is 1. The van der Waals surface area contributed by atoms with Gasteiger partial charge in [-0.25, -0.2) is 9.59 Å². The van der Waals surface area contributed by atoms with Crippen molar-refractivity contribution in [1.82, 2.24) is 14.7 Å². The molecule has 3 aromatic rings. The monoisotopic (exact) mass is 809 g/mol. The van der Waals surface area contributed by atoms with Gasteiger partial charge in [-0.3, -0.25) is 19.3 Å². The lowest BCUT2D eigenvalue weighted by molar-refractivity contribution is -0.143. The SMILES string of the molecule is NC(=O)N1CCN(C(=O)COc2ccc(-c3cc(C(F)(F)F)cc(C(F)(F)F)c3)cc2C=C2SC(=S)N(CCC(=O)Nc3ccc(C(=O)O)cc3)C2=O)CC1. The van der Waals surface area contributed by atoms with Gasteiger partial charge in [0.1, 0.15) is 10.1 Å². The van der Waals surface area contributed by atoms with Gasteiger partial charge < -0.3 is 30.7 Å². The topological polar surface area (TPSA) is 163 Å². The van der Waals surface area contributed by atoms with Crippen molar-refractivity contribution in [3.05, 3.63) is 87.8 Å². The van der Waals surface area contributed by atoms with Crippen LogP contribution in [0.3, 0.4) is 0 Å². The first kappa shape index (κ1) is 40.6. The highest BCUT2D eigenvalue weighted by molar-refractivity contribution is 8.26. The summed E-state index contributed by atoms with van der Waals surface area (Å²) >= 11 is 6.18. The summed E-state index contributed by atoms with van der Waals surface area (Å²) in [4.78, 5) is 65.5. The number of nitrogens with zero attached hydrogens (tertiary/aromatic N) is 3. The molecule has 0 aliphatic carbocycles. The second kappa shape index (κ2) is 16.4. The van der Waals surface area contributed by atoms with Crippen LogP contribution >= 0.6 is 24.0 Å². The molecule has 0 unspecified atom stereocenters. The van der Waals surface area contributed by atoms with Crippen LogP contribution in [0.15, 0.2) is 65.6 Å². The number of aromatic carboxylic acids is 1. The highest BCUT2D eigenvalue weighted by Gasteiger charge is 2.37. The molecule has 12 nitrogen and oxygen atoms in total. The van der Waals surface area contributed by atoms with Crippen LogP contribution in [-0.2, 0) is 26.7 Å². The molecule has 2 heterocycles. The van der Waals surface area contributed by atoms with Crippen molar-refractivity contribution in [3.63, 3.8) is 0 Å². The number of nitrogens with one attached hydrogen (secondary N) is 1. The van der Waals surface area contributed by atoms with Gasteiger partial charge in [0.05, 0.1) is 21.6 Å². The van der Waals surface area contributed by atoms with Crippen LogP contribution in [0.25, 0.3) is 17.2 Å². The molecule has 5 rings (SSSR count). The average molecular weight is 810 g/mol. The Morgan fingerprint density at radius 2 is 1.47 bits per heavy atom. The number of thioether (sulfide) groups is 1. The molecule has 0 atom stereocenters. The van der Waals surface area contributed by atoms with E-state index in [9.17, 15) is 50.3 Å². The summed E-state index contributed by atoms with van der Waals surface area (Å²) in [5.41, 5.74) is 1.99. The summed E-state index contributed by atoms with van der Waals surface area (Å²) < 4.78 is 87.9. The lowest BCUT2D eigenvalue weighted by Gasteiger charge is -2.33. The number of hydrogen-bond donors (Lipinski definition) is 3. The Hall–Kier alpha value is -5.63. The number of hydrogen-bond acceptors (Lipinski definition) is 8. The van der Waals surface area contributed by atoms with Gasteiger partial charge in [0.25, 0.3) is 11.8 Å². The van der Waals surface area contributed by atoms with E-state index < -0.39 is 65.4 Å². The summed E-state index contributed by atoms with van der Waals surface area (Å²) in [6, 6.07) is 9.47. The molecular weight excluding hydrogens is 781 g/mol.